The van der Waals surface area contributed by atoms with Crippen molar-refractivity contribution < 1.29 is 31.9 Å². The second kappa shape index (κ2) is 11.9. The summed E-state index contributed by atoms with van der Waals surface area (Å²) in [5.41, 5.74) is 2.83. The highest BCUT2D eigenvalue weighted by Gasteiger charge is 2.42. The number of pyridine rings is 1. The van der Waals surface area contributed by atoms with E-state index in [0.29, 0.717) is 23.7 Å². The van der Waals surface area contributed by atoms with E-state index in [1.165, 1.54) is 24.4 Å². The molecular formula is C27H30F4N4O4. The second-order valence-corrected chi connectivity index (χ2v) is 9.56. The van der Waals surface area contributed by atoms with E-state index < -0.39 is 41.3 Å². The zero-order valence-corrected chi connectivity index (χ0v) is 21.7. The van der Waals surface area contributed by atoms with Crippen LogP contribution in [0.15, 0.2) is 58.6 Å². The number of carbonyl (C=O) groups excluding carboxylic acids is 2. The van der Waals surface area contributed by atoms with Crippen molar-refractivity contribution in [3.8, 4) is 16.9 Å². The molecule has 0 saturated carbocycles. The topological polar surface area (TPSA) is 118 Å². The van der Waals surface area contributed by atoms with E-state index in [2.05, 4.69) is 10.3 Å². The number of carbonyl (C=O) groups is 2. The van der Waals surface area contributed by atoms with Gasteiger partial charge in [-0.15, -0.1) is 0 Å². The van der Waals surface area contributed by atoms with Gasteiger partial charge in [0.1, 0.15) is 11.6 Å². The molecule has 12 heteroatoms. The molecule has 1 atom stereocenters. The molecule has 0 bridgehead atoms. The Bertz CT molecular complexity index is 1360. The van der Waals surface area contributed by atoms with Crippen molar-refractivity contribution in [2.75, 3.05) is 27.2 Å². The Morgan fingerprint density at radius 3 is 2.54 bits per heavy atom. The average molecular weight is 551 g/mol. The summed E-state index contributed by atoms with van der Waals surface area (Å²) in [6.45, 7) is 2.31. The number of ether oxygens (including phenoxy) is 1. The number of hydrogen-bond donors (Lipinski definition) is 3. The number of alkyl halides is 3. The second-order valence-electron chi connectivity index (χ2n) is 9.56. The fraction of sp³-hybridized carbons (Fsp3) is 0.370. The minimum Gasteiger partial charge on any atom is -0.493 e. The first-order valence-corrected chi connectivity index (χ1v) is 12.1. The number of hydrogen-bond acceptors (Lipinski definition) is 5. The molecule has 1 unspecified atom stereocenters. The summed E-state index contributed by atoms with van der Waals surface area (Å²) >= 11 is 0. The molecule has 0 spiro atoms. The number of nitrogens with two attached hydrogens (primary N) is 1. The lowest BCUT2D eigenvalue weighted by Gasteiger charge is -2.37. The van der Waals surface area contributed by atoms with Gasteiger partial charge in [-0.2, -0.15) is 13.2 Å². The molecule has 0 saturated heterocycles. The van der Waals surface area contributed by atoms with Gasteiger partial charge >= 0.3 is 6.18 Å². The maximum absolute atomic E-state index is 15.1. The molecule has 0 radical (unpaired) electrons. The summed E-state index contributed by atoms with van der Waals surface area (Å²) in [4.78, 5) is 40.8. The molecule has 8 nitrogen and oxygen atoms in total. The fourth-order valence-corrected chi connectivity index (χ4v) is 4.32. The number of aromatic nitrogens is 1. The molecule has 0 aliphatic heterocycles. The van der Waals surface area contributed by atoms with Crippen molar-refractivity contribution in [2.45, 2.75) is 37.9 Å². The zero-order valence-electron chi connectivity index (χ0n) is 21.7. The number of primary amides is 1. The van der Waals surface area contributed by atoms with E-state index in [-0.39, 0.29) is 41.9 Å². The molecule has 2 amide bonds. The van der Waals surface area contributed by atoms with Crippen molar-refractivity contribution in [1.29, 1.82) is 0 Å². The number of amides is 2. The first kappa shape index (κ1) is 29.6. The van der Waals surface area contributed by atoms with Crippen LogP contribution in [0.2, 0.25) is 0 Å². The zero-order chi connectivity index (χ0) is 29.0. The van der Waals surface area contributed by atoms with Crippen LogP contribution in [0.1, 0.15) is 25.3 Å². The number of benzene rings is 1. The van der Waals surface area contributed by atoms with E-state index in [9.17, 15) is 27.6 Å². The van der Waals surface area contributed by atoms with E-state index in [1.807, 2.05) is 0 Å². The Labute approximate surface area is 222 Å². The molecule has 0 fully saturated rings. The lowest BCUT2D eigenvalue weighted by Crippen LogP contribution is -2.51. The molecule has 1 heterocycles. The number of aromatic amines is 1. The van der Waals surface area contributed by atoms with Gasteiger partial charge in [0.05, 0.1) is 24.1 Å². The van der Waals surface area contributed by atoms with Crippen molar-refractivity contribution in [3.05, 3.63) is 75.5 Å². The van der Waals surface area contributed by atoms with Gasteiger partial charge in [-0.3, -0.25) is 14.4 Å². The van der Waals surface area contributed by atoms with Crippen LogP contribution in [-0.4, -0.2) is 60.7 Å². The van der Waals surface area contributed by atoms with Gasteiger partial charge in [0.2, 0.25) is 11.8 Å². The molecule has 4 N–H and O–H groups in total. The van der Waals surface area contributed by atoms with Crippen LogP contribution >= 0.6 is 0 Å². The fourth-order valence-electron chi connectivity index (χ4n) is 4.32. The lowest BCUT2D eigenvalue weighted by atomic mass is 9.80. The number of nitrogens with zero attached hydrogens (tertiary/aromatic N) is 1. The number of halogens is 4. The quantitative estimate of drug-likeness (QED) is 0.393. The Hall–Kier alpha value is -3.93. The van der Waals surface area contributed by atoms with Crippen LogP contribution in [0.4, 0.5) is 17.6 Å². The number of H-pyrrole nitrogens is 1. The van der Waals surface area contributed by atoms with Crippen LogP contribution in [0.25, 0.3) is 11.1 Å². The van der Waals surface area contributed by atoms with Crippen molar-refractivity contribution in [2.24, 2.45) is 5.73 Å². The normalized spacial score (nSPS) is 17.4. The molecule has 2 aromatic rings. The molecular weight excluding hydrogens is 520 g/mol. The summed E-state index contributed by atoms with van der Waals surface area (Å²) < 4.78 is 61.5. The Morgan fingerprint density at radius 2 is 1.95 bits per heavy atom. The molecule has 3 rings (SSSR count). The third kappa shape index (κ3) is 7.56. The van der Waals surface area contributed by atoms with Gasteiger partial charge in [-0.25, -0.2) is 4.39 Å². The van der Waals surface area contributed by atoms with E-state index >= 15 is 4.39 Å². The SMILES string of the molecule is CCOc1cc(=O)[nH]cc1-c1ccc(CC(=O)NC2(CCN(C)C)C=C(C(F)(F)F)C=C(C(N)=O)C2)c(F)c1. The smallest absolute Gasteiger partial charge is 0.416 e. The number of rotatable bonds is 10. The predicted octanol–water partition coefficient (Wildman–Crippen LogP) is 3.23. The van der Waals surface area contributed by atoms with Crippen LogP contribution in [0.3, 0.4) is 0 Å². The first-order valence-electron chi connectivity index (χ1n) is 12.1. The van der Waals surface area contributed by atoms with Gasteiger partial charge < -0.3 is 25.7 Å². The van der Waals surface area contributed by atoms with Gasteiger partial charge in [-0.05, 0) is 56.8 Å². The number of nitrogens with one attached hydrogen (secondary N) is 2. The molecule has 1 aliphatic carbocycles. The Balaban J connectivity index is 1.89. The van der Waals surface area contributed by atoms with E-state index in [0.717, 1.165) is 6.08 Å². The van der Waals surface area contributed by atoms with Crippen LogP contribution in [0.5, 0.6) is 5.75 Å². The molecule has 39 heavy (non-hydrogen) atoms. The standard InChI is InChI=1S/C27H30F4N4O4/c1-4-39-22-12-23(36)33-15-20(22)16-5-6-17(21(28)10-16)11-24(37)34-26(7-8-35(2)3)13-18(25(32)38)9-19(14-26)27(29,30)31/h5-6,9-10,12,14-15H,4,7-8,11,13H2,1-3H3,(H2,32,38)(H,33,36)(H,34,37). The lowest BCUT2D eigenvalue weighted by molar-refractivity contribution is -0.122. The van der Waals surface area contributed by atoms with Gasteiger partial charge in [0.15, 0.2) is 0 Å². The Kier molecular flexibility index (Phi) is 9.00. The number of allylic oxidation sites excluding steroid dienone is 2. The highest BCUT2D eigenvalue weighted by Crippen LogP contribution is 2.37. The maximum Gasteiger partial charge on any atom is 0.416 e. The van der Waals surface area contributed by atoms with Crippen molar-refractivity contribution in [1.82, 2.24) is 15.2 Å². The molecule has 1 aromatic heterocycles. The third-order valence-corrected chi connectivity index (χ3v) is 6.21. The molecule has 1 aromatic carbocycles. The molecule has 210 valence electrons. The molecule has 1 aliphatic rings. The van der Waals surface area contributed by atoms with Crippen LogP contribution in [-0.2, 0) is 16.0 Å². The summed E-state index contributed by atoms with van der Waals surface area (Å²) in [5.74, 6) is -2.23. The average Bonchev–Trinajstić information content (AvgIpc) is 2.83. The maximum atomic E-state index is 15.1. The minimum absolute atomic E-state index is 0.00268. The van der Waals surface area contributed by atoms with Gasteiger partial charge in [0.25, 0.3) is 5.56 Å². The van der Waals surface area contributed by atoms with Crippen LogP contribution < -0.4 is 21.3 Å². The monoisotopic (exact) mass is 550 g/mol. The van der Waals surface area contributed by atoms with Crippen molar-refractivity contribution >= 4 is 11.8 Å². The highest BCUT2D eigenvalue weighted by atomic mass is 19.4. The highest BCUT2D eigenvalue weighted by molar-refractivity contribution is 5.93. The largest absolute Gasteiger partial charge is 0.493 e. The van der Waals surface area contributed by atoms with Gasteiger partial charge in [-0.1, -0.05) is 12.1 Å². The van der Waals surface area contributed by atoms with Crippen molar-refractivity contribution in [3.63, 3.8) is 0 Å². The summed E-state index contributed by atoms with van der Waals surface area (Å²) in [6.07, 6.45) is -2.47. The Morgan fingerprint density at radius 1 is 1.23 bits per heavy atom. The minimum atomic E-state index is -4.78. The summed E-state index contributed by atoms with van der Waals surface area (Å²) in [6, 6.07) is 5.34. The summed E-state index contributed by atoms with van der Waals surface area (Å²) in [7, 11) is 3.43. The van der Waals surface area contributed by atoms with E-state index in [4.69, 9.17) is 10.5 Å². The predicted molar refractivity (Wildman–Crippen MR) is 137 cm³/mol. The first-order chi connectivity index (χ1) is 18.2. The van der Waals surface area contributed by atoms with Crippen LogP contribution in [0, 0.1) is 5.82 Å². The summed E-state index contributed by atoms with van der Waals surface area (Å²) in [5, 5.41) is 2.61. The van der Waals surface area contributed by atoms with Gasteiger partial charge in [0, 0.05) is 36.4 Å². The third-order valence-electron chi connectivity index (χ3n) is 6.21. The van der Waals surface area contributed by atoms with E-state index in [1.54, 1.807) is 32.0 Å².